The summed E-state index contributed by atoms with van der Waals surface area (Å²) in [4.78, 5) is 18.6. The number of hydrogen-bond acceptors (Lipinski definition) is 7. The van der Waals surface area contributed by atoms with E-state index in [4.69, 9.17) is 14.2 Å². The van der Waals surface area contributed by atoms with Gasteiger partial charge in [-0.3, -0.25) is 14.6 Å². The number of halogens is 2. The fraction of sp³-hybridized carbons (Fsp3) is 0.536. The maximum atomic E-state index is 13.6. The molecule has 4 rings (SSSR count). The standard InChI is InChI=1S/C28H37F2N3O5/c1-36-18-27(34)33-11-10-32(19-28(35,20-33)21-38-26-15-23(29)14-24(30)16-26)17-22-4-6-25(7-5-22)37-13-12-31-8-2-3-9-31/h4-7,14-16,35H,2-3,8-13,17-21H2,1H3. The maximum Gasteiger partial charge on any atom is 0.248 e. The zero-order chi connectivity index (χ0) is 27.0. The lowest BCUT2D eigenvalue weighted by molar-refractivity contribution is -0.138. The Balaban J connectivity index is 1.38. The van der Waals surface area contributed by atoms with Crippen LogP contribution in [0.15, 0.2) is 42.5 Å². The van der Waals surface area contributed by atoms with Crippen molar-refractivity contribution in [1.82, 2.24) is 14.7 Å². The van der Waals surface area contributed by atoms with Gasteiger partial charge in [0.25, 0.3) is 0 Å². The second kappa shape index (κ2) is 13.3. The van der Waals surface area contributed by atoms with Crippen LogP contribution in [0.5, 0.6) is 11.5 Å². The molecule has 2 heterocycles. The van der Waals surface area contributed by atoms with Crippen molar-refractivity contribution in [2.75, 3.05) is 72.7 Å². The molecule has 0 aromatic heterocycles. The van der Waals surface area contributed by atoms with Gasteiger partial charge >= 0.3 is 0 Å². The van der Waals surface area contributed by atoms with Crippen molar-refractivity contribution in [3.05, 3.63) is 59.7 Å². The minimum absolute atomic E-state index is 0.00723. The van der Waals surface area contributed by atoms with Crippen molar-refractivity contribution >= 4 is 5.91 Å². The Morgan fingerprint density at radius 1 is 0.921 bits per heavy atom. The molecule has 1 unspecified atom stereocenters. The molecular formula is C28H37F2N3O5. The third-order valence-electron chi connectivity index (χ3n) is 6.86. The molecule has 2 aliphatic rings. The normalized spacial score (nSPS) is 20.9. The molecular weight excluding hydrogens is 496 g/mol. The van der Waals surface area contributed by atoms with Crippen LogP contribution in [0.1, 0.15) is 18.4 Å². The number of amides is 1. The van der Waals surface area contributed by atoms with Gasteiger partial charge in [0.15, 0.2) is 0 Å². The van der Waals surface area contributed by atoms with Crippen LogP contribution in [0.2, 0.25) is 0 Å². The summed E-state index contributed by atoms with van der Waals surface area (Å²) < 4.78 is 43.7. The SMILES string of the molecule is COCC(=O)N1CCN(Cc2ccc(OCCN3CCCC3)cc2)CC(O)(COc2cc(F)cc(F)c2)C1. The number of rotatable bonds is 11. The molecule has 2 saturated heterocycles. The van der Waals surface area contributed by atoms with Crippen molar-refractivity contribution in [3.8, 4) is 11.5 Å². The highest BCUT2D eigenvalue weighted by molar-refractivity contribution is 5.77. The quantitative estimate of drug-likeness (QED) is 0.476. The summed E-state index contributed by atoms with van der Waals surface area (Å²) in [6.07, 6.45) is 2.52. The number of carbonyl (C=O) groups is 1. The van der Waals surface area contributed by atoms with Crippen LogP contribution >= 0.6 is 0 Å². The number of benzene rings is 2. The highest BCUT2D eigenvalue weighted by Gasteiger charge is 2.37. The highest BCUT2D eigenvalue weighted by atomic mass is 19.1. The molecule has 1 amide bonds. The van der Waals surface area contributed by atoms with Crippen LogP contribution in [-0.4, -0.2) is 104 Å². The van der Waals surface area contributed by atoms with E-state index in [0.717, 1.165) is 49.1 Å². The lowest BCUT2D eigenvalue weighted by Gasteiger charge is -2.33. The van der Waals surface area contributed by atoms with Gasteiger partial charge in [-0.1, -0.05) is 12.1 Å². The lowest BCUT2D eigenvalue weighted by Crippen LogP contribution is -2.52. The number of aliphatic hydroxyl groups is 1. The third kappa shape index (κ3) is 8.36. The van der Waals surface area contributed by atoms with Gasteiger partial charge in [-0.15, -0.1) is 0 Å². The molecule has 38 heavy (non-hydrogen) atoms. The maximum absolute atomic E-state index is 13.6. The van der Waals surface area contributed by atoms with E-state index in [1.54, 1.807) is 0 Å². The average Bonchev–Trinajstić information content (AvgIpc) is 3.33. The van der Waals surface area contributed by atoms with Crippen molar-refractivity contribution in [2.24, 2.45) is 0 Å². The van der Waals surface area contributed by atoms with Gasteiger partial charge in [0.05, 0.1) is 6.54 Å². The first kappa shape index (κ1) is 28.2. The van der Waals surface area contributed by atoms with E-state index in [1.165, 1.54) is 24.9 Å². The van der Waals surface area contributed by atoms with E-state index in [0.29, 0.717) is 26.2 Å². The van der Waals surface area contributed by atoms with Gasteiger partial charge in [-0.2, -0.15) is 0 Å². The zero-order valence-electron chi connectivity index (χ0n) is 21.9. The van der Waals surface area contributed by atoms with E-state index in [-0.39, 0.29) is 38.0 Å². The molecule has 0 spiro atoms. The predicted octanol–water partition coefficient (Wildman–Crippen LogP) is 2.54. The van der Waals surface area contributed by atoms with Crippen LogP contribution in [0.3, 0.4) is 0 Å². The van der Waals surface area contributed by atoms with Crippen molar-refractivity contribution in [3.63, 3.8) is 0 Å². The summed E-state index contributed by atoms with van der Waals surface area (Å²) in [5.74, 6) is -1.00. The summed E-state index contributed by atoms with van der Waals surface area (Å²) in [5, 5.41) is 11.5. The largest absolute Gasteiger partial charge is 0.492 e. The Labute approximate surface area is 222 Å². The third-order valence-corrected chi connectivity index (χ3v) is 6.86. The number of carbonyl (C=O) groups excluding carboxylic acids is 1. The Morgan fingerprint density at radius 3 is 2.32 bits per heavy atom. The molecule has 2 aromatic carbocycles. The molecule has 2 aliphatic heterocycles. The Bertz CT molecular complexity index is 1030. The first-order valence-electron chi connectivity index (χ1n) is 13.1. The zero-order valence-corrected chi connectivity index (χ0v) is 21.9. The van der Waals surface area contributed by atoms with Crippen LogP contribution in [0.25, 0.3) is 0 Å². The fourth-order valence-electron chi connectivity index (χ4n) is 4.97. The minimum Gasteiger partial charge on any atom is -0.492 e. The number of β-amino-alcohol motifs (C(OH)–C–C–N with tert-alkyl or cyclic N) is 1. The molecule has 208 valence electrons. The van der Waals surface area contributed by atoms with Crippen LogP contribution < -0.4 is 9.47 Å². The average molecular weight is 534 g/mol. The smallest absolute Gasteiger partial charge is 0.248 e. The Kier molecular flexibility index (Phi) is 9.90. The summed E-state index contributed by atoms with van der Waals surface area (Å²) >= 11 is 0. The first-order valence-corrected chi connectivity index (χ1v) is 13.1. The predicted molar refractivity (Wildman–Crippen MR) is 138 cm³/mol. The summed E-state index contributed by atoms with van der Waals surface area (Å²) in [5.41, 5.74) is -0.439. The van der Waals surface area contributed by atoms with Crippen molar-refractivity contribution < 1.29 is 32.9 Å². The summed E-state index contributed by atoms with van der Waals surface area (Å²) in [6, 6.07) is 10.7. The monoisotopic (exact) mass is 533 g/mol. The van der Waals surface area contributed by atoms with Crippen molar-refractivity contribution in [2.45, 2.75) is 25.0 Å². The van der Waals surface area contributed by atoms with Gasteiger partial charge in [-0.05, 0) is 43.6 Å². The van der Waals surface area contributed by atoms with Crippen LogP contribution in [-0.2, 0) is 16.1 Å². The molecule has 0 saturated carbocycles. The van der Waals surface area contributed by atoms with E-state index in [1.807, 2.05) is 29.2 Å². The number of hydrogen-bond donors (Lipinski definition) is 1. The Hall–Kier alpha value is -2.79. The molecule has 1 N–H and O–H groups in total. The lowest BCUT2D eigenvalue weighted by atomic mass is 10.0. The molecule has 8 nitrogen and oxygen atoms in total. The molecule has 0 aliphatic carbocycles. The first-order chi connectivity index (χ1) is 18.3. The molecule has 1 atom stereocenters. The minimum atomic E-state index is -1.47. The fourth-order valence-corrected chi connectivity index (χ4v) is 4.97. The van der Waals surface area contributed by atoms with Gasteiger partial charge in [-0.25, -0.2) is 8.78 Å². The van der Waals surface area contributed by atoms with Gasteiger partial charge in [0, 0.05) is 58.0 Å². The molecule has 0 bridgehead atoms. The van der Waals surface area contributed by atoms with Gasteiger partial charge < -0.3 is 24.2 Å². The molecule has 10 heteroatoms. The molecule has 0 radical (unpaired) electrons. The number of ether oxygens (including phenoxy) is 3. The second-order valence-corrected chi connectivity index (χ2v) is 10.1. The van der Waals surface area contributed by atoms with Crippen LogP contribution in [0.4, 0.5) is 8.78 Å². The van der Waals surface area contributed by atoms with Crippen molar-refractivity contribution in [1.29, 1.82) is 0 Å². The van der Waals surface area contributed by atoms with Gasteiger partial charge in [0.1, 0.15) is 48.6 Å². The van der Waals surface area contributed by atoms with Gasteiger partial charge in [0.2, 0.25) is 5.91 Å². The summed E-state index contributed by atoms with van der Waals surface area (Å²) in [7, 11) is 1.44. The van der Waals surface area contributed by atoms with E-state index in [9.17, 15) is 18.7 Å². The number of nitrogens with zero attached hydrogens (tertiary/aromatic N) is 3. The van der Waals surface area contributed by atoms with Crippen LogP contribution in [0, 0.1) is 11.6 Å². The molecule has 2 aromatic rings. The Morgan fingerprint density at radius 2 is 1.63 bits per heavy atom. The van der Waals surface area contributed by atoms with E-state index < -0.39 is 17.2 Å². The topological polar surface area (TPSA) is 74.7 Å². The number of likely N-dealkylation sites (tertiary alicyclic amines) is 1. The van der Waals surface area contributed by atoms with E-state index >= 15 is 0 Å². The second-order valence-electron chi connectivity index (χ2n) is 10.1. The highest BCUT2D eigenvalue weighted by Crippen LogP contribution is 2.22. The number of methoxy groups -OCH3 is 1. The molecule has 2 fully saturated rings. The van der Waals surface area contributed by atoms with E-state index in [2.05, 4.69) is 4.90 Å². The summed E-state index contributed by atoms with van der Waals surface area (Å²) in [6.45, 7) is 5.19.